The minimum absolute atomic E-state index is 0.137. The lowest BCUT2D eigenvalue weighted by Gasteiger charge is -2.24. The van der Waals surface area contributed by atoms with Crippen LogP contribution in [0.3, 0.4) is 0 Å². The number of hydrogen-bond donors (Lipinski definition) is 2. The summed E-state index contributed by atoms with van der Waals surface area (Å²) in [7, 11) is -2.29. The van der Waals surface area contributed by atoms with Gasteiger partial charge in [0, 0.05) is 34.9 Å². The molecule has 2 aromatic rings. The molecule has 1 aliphatic heterocycles. The first-order valence-electron chi connectivity index (χ1n) is 10.6. The summed E-state index contributed by atoms with van der Waals surface area (Å²) in [5.41, 5.74) is 2.36. The number of sulfonamides is 1. The minimum atomic E-state index is -4.15. The molecule has 0 radical (unpaired) electrons. The monoisotopic (exact) mass is 506 g/mol. The number of halogens is 1. The quantitative estimate of drug-likeness (QED) is 0.418. The molecule has 0 fully saturated rings. The number of rotatable bonds is 8. The van der Waals surface area contributed by atoms with Crippen molar-refractivity contribution in [3.05, 3.63) is 70.9 Å². The van der Waals surface area contributed by atoms with E-state index >= 15 is 0 Å². The standard InChI is InChI=1S/C24H27ClN2O6S/c1-15(28)22(26-34(31,32)18-11-9-16(25)10-12-18)23(30)33-14-17(29)13-21-24(2,3)19-7-5-6-8-20(19)27(21)4/h5-13,15,22,26,28H,14H2,1-4H3/b21-13+/t15-,22-/m1/s1. The van der Waals surface area contributed by atoms with Crippen LogP contribution in [-0.4, -0.2) is 51.1 Å². The number of aliphatic hydroxyl groups excluding tert-OH is 1. The van der Waals surface area contributed by atoms with Gasteiger partial charge in [-0.1, -0.05) is 43.6 Å². The summed E-state index contributed by atoms with van der Waals surface area (Å²) in [5.74, 6) is -1.54. The van der Waals surface area contributed by atoms with Gasteiger partial charge in [0.15, 0.2) is 12.4 Å². The van der Waals surface area contributed by atoms with Gasteiger partial charge in [-0.05, 0) is 42.8 Å². The highest BCUT2D eigenvalue weighted by atomic mass is 35.5. The van der Waals surface area contributed by atoms with E-state index in [2.05, 4.69) is 4.72 Å². The molecule has 3 rings (SSSR count). The van der Waals surface area contributed by atoms with Crippen LogP contribution < -0.4 is 9.62 Å². The Morgan fingerprint density at radius 1 is 1.18 bits per heavy atom. The number of hydrogen-bond acceptors (Lipinski definition) is 7. The van der Waals surface area contributed by atoms with E-state index in [-0.39, 0.29) is 4.90 Å². The van der Waals surface area contributed by atoms with Crippen LogP contribution in [0.4, 0.5) is 5.69 Å². The van der Waals surface area contributed by atoms with Crippen molar-refractivity contribution in [2.45, 2.75) is 43.2 Å². The van der Waals surface area contributed by atoms with Crippen LogP contribution in [0.2, 0.25) is 5.02 Å². The van der Waals surface area contributed by atoms with Crippen molar-refractivity contribution in [3.8, 4) is 0 Å². The van der Waals surface area contributed by atoms with Gasteiger partial charge in [-0.15, -0.1) is 0 Å². The van der Waals surface area contributed by atoms with Crippen molar-refractivity contribution < 1.29 is 27.9 Å². The molecule has 1 heterocycles. The van der Waals surface area contributed by atoms with E-state index in [0.29, 0.717) is 5.02 Å². The molecule has 2 aromatic carbocycles. The third-order valence-electron chi connectivity index (χ3n) is 5.74. The molecule has 0 saturated carbocycles. The Kier molecular flexibility index (Phi) is 7.52. The van der Waals surface area contributed by atoms with Crippen molar-refractivity contribution in [2.24, 2.45) is 0 Å². The molecule has 2 N–H and O–H groups in total. The van der Waals surface area contributed by atoms with Crippen LogP contribution in [0, 0.1) is 0 Å². The van der Waals surface area contributed by atoms with Crippen LogP contribution >= 0.6 is 11.6 Å². The first-order chi connectivity index (χ1) is 15.8. The zero-order valence-electron chi connectivity index (χ0n) is 19.3. The van der Waals surface area contributed by atoms with Gasteiger partial charge in [-0.25, -0.2) is 8.42 Å². The largest absolute Gasteiger partial charge is 0.456 e. The lowest BCUT2D eigenvalue weighted by molar-refractivity contribution is -0.151. The molecule has 0 aliphatic carbocycles. The second-order valence-corrected chi connectivity index (χ2v) is 10.7. The highest BCUT2D eigenvalue weighted by molar-refractivity contribution is 7.89. The number of nitrogens with one attached hydrogen (secondary N) is 1. The molecule has 34 heavy (non-hydrogen) atoms. The number of benzene rings is 2. The predicted molar refractivity (Wildman–Crippen MR) is 129 cm³/mol. The molecule has 2 atom stereocenters. The Labute approximate surface area is 204 Å². The molecule has 8 nitrogen and oxygen atoms in total. The lowest BCUT2D eigenvalue weighted by Crippen LogP contribution is -2.48. The summed E-state index contributed by atoms with van der Waals surface area (Å²) < 4.78 is 32.4. The van der Waals surface area contributed by atoms with E-state index in [0.717, 1.165) is 16.9 Å². The zero-order chi connectivity index (χ0) is 25.3. The highest BCUT2D eigenvalue weighted by Gasteiger charge is 2.38. The van der Waals surface area contributed by atoms with Crippen LogP contribution in [0.25, 0.3) is 0 Å². The third kappa shape index (κ3) is 5.33. The van der Waals surface area contributed by atoms with Crippen molar-refractivity contribution in [1.82, 2.24) is 4.72 Å². The average molecular weight is 507 g/mol. The van der Waals surface area contributed by atoms with Crippen LogP contribution in [0.15, 0.2) is 65.2 Å². The van der Waals surface area contributed by atoms with Gasteiger partial charge < -0.3 is 14.7 Å². The fourth-order valence-electron chi connectivity index (χ4n) is 3.88. The number of para-hydroxylation sites is 1. The number of nitrogens with zero attached hydrogens (tertiary/aromatic N) is 1. The van der Waals surface area contributed by atoms with Crippen LogP contribution in [0.5, 0.6) is 0 Å². The van der Waals surface area contributed by atoms with Crippen LogP contribution in [0.1, 0.15) is 26.3 Å². The molecule has 0 saturated heterocycles. The molecule has 182 valence electrons. The van der Waals surface area contributed by atoms with Crippen LogP contribution in [-0.2, 0) is 29.8 Å². The number of likely N-dealkylation sites (N-methyl/N-ethyl adjacent to an activating group) is 1. The van der Waals surface area contributed by atoms with E-state index in [1.54, 1.807) is 0 Å². The summed E-state index contributed by atoms with van der Waals surface area (Å²) in [6.07, 6.45) is 0.0140. The molecule has 0 amide bonds. The van der Waals surface area contributed by atoms with Gasteiger partial charge in [-0.2, -0.15) is 4.72 Å². The summed E-state index contributed by atoms with van der Waals surface area (Å²) >= 11 is 5.78. The predicted octanol–water partition coefficient (Wildman–Crippen LogP) is 2.79. The van der Waals surface area contributed by atoms with Gasteiger partial charge in [0.05, 0.1) is 11.0 Å². The molecular formula is C24H27ClN2O6S. The van der Waals surface area contributed by atoms with Gasteiger partial charge in [0.1, 0.15) is 6.04 Å². The summed E-state index contributed by atoms with van der Waals surface area (Å²) in [6, 6.07) is 11.5. The molecular weight excluding hydrogens is 480 g/mol. The topological polar surface area (TPSA) is 113 Å². The fraction of sp³-hybridized carbons (Fsp3) is 0.333. The Morgan fingerprint density at radius 3 is 2.38 bits per heavy atom. The van der Waals surface area contributed by atoms with E-state index in [1.165, 1.54) is 37.3 Å². The molecule has 0 unspecified atom stereocenters. The van der Waals surface area contributed by atoms with E-state index in [1.807, 2.05) is 50.1 Å². The third-order valence-corrected chi connectivity index (χ3v) is 7.45. The van der Waals surface area contributed by atoms with Crippen molar-refractivity contribution in [2.75, 3.05) is 18.6 Å². The van der Waals surface area contributed by atoms with Crippen molar-refractivity contribution in [1.29, 1.82) is 0 Å². The lowest BCUT2D eigenvalue weighted by atomic mass is 9.83. The number of carbonyl (C=O) groups is 2. The first-order valence-corrected chi connectivity index (χ1v) is 12.4. The van der Waals surface area contributed by atoms with E-state index < -0.39 is 45.9 Å². The number of allylic oxidation sites excluding steroid dienone is 1. The fourth-order valence-corrected chi connectivity index (χ4v) is 5.26. The molecule has 10 heteroatoms. The van der Waals surface area contributed by atoms with Crippen molar-refractivity contribution in [3.63, 3.8) is 0 Å². The molecule has 0 spiro atoms. The summed E-state index contributed by atoms with van der Waals surface area (Å²) in [5, 5.41) is 10.3. The van der Waals surface area contributed by atoms with E-state index in [4.69, 9.17) is 16.3 Å². The summed E-state index contributed by atoms with van der Waals surface area (Å²) in [6.45, 7) is 4.63. The van der Waals surface area contributed by atoms with Crippen molar-refractivity contribution >= 4 is 39.1 Å². The number of ketones is 1. The minimum Gasteiger partial charge on any atom is -0.456 e. The SMILES string of the molecule is C[C@@H](O)[C@@H](NS(=O)(=O)c1ccc(Cl)cc1)C(=O)OCC(=O)/C=C1/N(C)c2ccccc2C1(C)C. The maximum atomic E-state index is 12.6. The Bertz CT molecular complexity index is 1220. The molecule has 0 aromatic heterocycles. The van der Waals surface area contributed by atoms with Gasteiger partial charge >= 0.3 is 5.97 Å². The normalized spacial score (nSPS) is 17.8. The Balaban J connectivity index is 1.70. The second-order valence-electron chi connectivity index (χ2n) is 8.60. The highest BCUT2D eigenvalue weighted by Crippen LogP contribution is 2.46. The summed E-state index contributed by atoms with van der Waals surface area (Å²) in [4.78, 5) is 26.9. The number of aliphatic hydroxyl groups is 1. The maximum absolute atomic E-state index is 12.6. The smallest absolute Gasteiger partial charge is 0.327 e. The molecule has 0 bridgehead atoms. The van der Waals surface area contributed by atoms with E-state index in [9.17, 15) is 23.1 Å². The van der Waals surface area contributed by atoms with Gasteiger partial charge in [-0.3, -0.25) is 9.59 Å². The Hall–Kier alpha value is -2.72. The van der Waals surface area contributed by atoms with Gasteiger partial charge in [0.25, 0.3) is 0 Å². The number of esters is 1. The number of ether oxygens (including phenoxy) is 1. The maximum Gasteiger partial charge on any atom is 0.327 e. The van der Waals surface area contributed by atoms with Gasteiger partial charge in [0.2, 0.25) is 10.0 Å². The average Bonchev–Trinajstić information content (AvgIpc) is 2.97. The first kappa shape index (κ1) is 25.9. The number of anilines is 1. The zero-order valence-corrected chi connectivity index (χ0v) is 20.9. The second kappa shape index (κ2) is 9.87. The number of fused-ring (bicyclic) bond motifs is 1. The Morgan fingerprint density at radius 2 is 1.79 bits per heavy atom. The number of carbonyl (C=O) groups excluding carboxylic acids is 2. The molecule has 1 aliphatic rings.